The second kappa shape index (κ2) is 6.46. The fraction of sp³-hybridized carbons (Fsp3) is 0.500. The highest BCUT2D eigenvalue weighted by Crippen LogP contribution is 2.24. The van der Waals surface area contributed by atoms with Crippen LogP contribution in [-0.2, 0) is 0 Å². The Morgan fingerprint density at radius 1 is 1.26 bits per heavy atom. The van der Waals surface area contributed by atoms with E-state index in [0.29, 0.717) is 6.54 Å². The molecule has 1 amide bonds. The van der Waals surface area contributed by atoms with Gasteiger partial charge in [0.1, 0.15) is 11.6 Å². The summed E-state index contributed by atoms with van der Waals surface area (Å²) < 4.78 is 26.0. The molecule has 1 aromatic carbocycles. The Morgan fingerprint density at radius 2 is 1.79 bits per heavy atom. The molecule has 0 radical (unpaired) electrons. The highest BCUT2D eigenvalue weighted by Gasteiger charge is 2.17. The summed E-state index contributed by atoms with van der Waals surface area (Å²) in [5.41, 5.74) is 0.136. The van der Waals surface area contributed by atoms with Crippen molar-refractivity contribution < 1.29 is 13.6 Å². The van der Waals surface area contributed by atoms with Gasteiger partial charge in [0, 0.05) is 23.0 Å². The van der Waals surface area contributed by atoms with Crippen LogP contribution >= 0.6 is 15.9 Å². The van der Waals surface area contributed by atoms with Crippen LogP contribution in [-0.4, -0.2) is 17.3 Å². The second-order valence-electron chi connectivity index (χ2n) is 5.73. The van der Waals surface area contributed by atoms with E-state index >= 15 is 0 Å². The molecule has 0 spiro atoms. The van der Waals surface area contributed by atoms with Crippen molar-refractivity contribution in [2.24, 2.45) is 5.41 Å². The number of hydrogen-bond acceptors (Lipinski definition) is 1. The van der Waals surface area contributed by atoms with Crippen LogP contribution < -0.4 is 5.32 Å². The van der Waals surface area contributed by atoms with Crippen molar-refractivity contribution in [1.29, 1.82) is 0 Å². The lowest BCUT2D eigenvalue weighted by Crippen LogP contribution is -2.31. The maximum Gasteiger partial charge on any atom is 0.251 e. The first kappa shape index (κ1) is 16.1. The minimum Gasteiger partial charge on any atom is -0.351 e. The van der Waals surface area contributed by atoms with Gasteiger partial charge >= 0.3 is 0 Å². The molecule has 0 aromatic heterocycles. The molecule has 0 aliphatic carbocycles. The van der Waals surface area contributed by atoms with Gasteiger partial charge in [-0.05, 0) is 24.0 Å². The number of amides is 1. The number of nitrogens with one attached hydrogen (secondary N) is 1. The number of rotatable bonds is 4. The fourth-order valence-corrected chi connectivity index (χ4v) is 2.86. The summed E-state index contributed by atoms with van der Waals surface area (Å²) in [6.07, 6.45) is 0.880. The van der Waals surface area contributed by atoms with Gasteiger partial charge in [0.15, 0.2) is 0 Å². The lowest BCUT2D eigenvalue weighted by molar-refractivity contribution is 0.0951. The molecular formula is C14H18BrF2NO. The summed E-state index contributed by atoms with van der Waals surface area (Å²) in [4.78, 5) is 11.9. The normalized spacial score (nSPS) is 13.2. The molecule has 5 heteroatoms. The number of benzene rings is 1. The maximum absolute atomic E-state index is 13.0. The minimum absolute atomic E-state index is 0.00652. The molecule has 1 atom stereocenters. The molecule has 0 saturated carbocycles. The van der Waals surface area contributed by atoms with Gasteiger partial charge in [0.2, 0.25) is 0 Å². The predicted octanol–water partition coefficient (Wildman–Crippen LogP) is 3.89. The van der Waals surface area contributed by atoms with Crippen LogP contribution in [0.3, 0.4) is 0 Å². The summed E-state index contributed by atoms with van der Waals surface area (Å²) in [6.45, 7) is 6.72. The molecule has 0 bridgehead atoms. The van der Waals surface area contributed by atoms with Gasteiger partial charge < -0.3 is 5.32 Å². The minimum atomic E-state index is -0.754. The number of halogens is 3. The van der Waals surface area contributed by atoms with Crippen LogP contribution in [0, 0.1) is 17.0 Å². The smallest absolute Gasteiger partial charge is 0.251 e. The van der Waals surface area contributed by atoms with Crippen molar-refractivity contribution in [2.75, 3.05) is 6.54 Å². The molecule has 0 aliphatic rings. The third-order valence-electron chi connectivity index (χ3n) is 2.44. The molecule has 106 valence electrons. The van der Waals surface area contributed by atoms with E-state index in [2.05, 4.69) is 42.0 Å². The third-order valence-corrected chi connectivity index (χ3v) is 3.09. The molecule has 1 aromatic rings. The molecule has 1 rings (SSSR count). The zero-order valence-electron chi connectivity index (χ0n) is 11.3. The monoisotopic (exact) mass is 333 g/mol. The van der Waals surface area contributed by atoms with E-state index in [1.807, 2.05) is 0 Å². The van der Waals surface area contributed by atoms with Crippen molar-refractivity contribution in [1.82, 2.24) is 5.32 Å². The number of carbonyl (C=O) groups is 1. The average Bonchev–Trinajstić information content (AvgIpc) is 2.22. The van der Waals surface area contributed by atoms with Crippen molar-refractivity contribution >= 4 is 21.8 Å². The lowest BCUT2D eigenvalue weighted by atomic mass is 9.90. The molecule has 1 unspecified atom stereocenters. The summed E-state index contributed by atoms with van der Waals surface area (Å²) in [6, 6.07) is 2.78. The quantitative estimate of drug-likeness (QED) is 0.832. The van der Waals surface area contributed by atoms with Crippen LogP contribution in [0.25, 0.3) is 0 Å². The largest absolute Gasteiger partial charge is 0.351 e. The predicted molar refractivity (Wildman–Crippen MR) is 75.5 cm³/mol. The van der Waals surface area contributed by atoms with Crippen LogP contribution in [0.4, 0.5) is 8.78 Å². The van der Waals surface area contributed by atoms with Crippen LogP contribution in [0.1, 0.15) is 37.6 Å². The van der Waals surface area contributed by atoms with Crippen molar-refractivity contribution in [3.05, 3.63) is 35.4 Å². The Kier molecular flexibility index (Phi) is 5.47. The SMILES string of the molecule is CC(C)(C)CC(Br)CNC(=O)c1cc(F)cc(F)c1. The average molecular weight is 334 g/mol. The zero-order chi connectivity index (χ0) is 14.6. The number of carbonyl (C=O) groups excluding carboxylic acids is 1. The summed E-state index contributed by atoms with van der Waals surface area (Å²) in [5.74, 6) is -1.98. The van der Waals surface area contributed by atoms with Gasteiger partial charge in [0.05, 0.1) is 0 Å². The highest BCUT2D eigenvalue weighted by molar-refractivity contribution is 9.09. The topological polar surface area (TPSA) is 29.1 Å². The van der Waals surface area contributed by atoms with Gasteiger partial charge in [0.25, 0.3) is 5.91 Å². The molecule has 0 heterocycles. The van der Waals surface area contributed by atoms with Gasteiger partial charge in [-0.3, -0.25) is 4.79 Å². The standard InChI is InChI=1S/C14H18BrF2NO/c1-14(2,3)7-10(15)8-18-13(19)9-4-11(16)6-12(17)5-9/h4-6,10H,7-8H2,1-3H3,(H,18,19). The van der Waals surface area contributed by atoms with E-state index in [9.17, 15) is 13.6 Å². The van der Waals surface area contributed by atoms with E-state index in [1.54, 1.807) is 0 Å². The van der Waals surface area contributed by atoms with Crippen LogP contribution in [0.5, 0.6) is 0 Å². The highest BCUT2D eigenvalue weighted by atomic mass is 79.9. The summed E-state index contributed by atoms with van der Waals surface area (Å²) >= 11 is 3.48. The molecule has 19 heavy (non-hydrogen) atoms. The third kappa shape index (κ3) is 6.14. The van der Waals surface area contributed by atoms with Gasteiger partial charge in [-0.2, -0.15) is 0 Å². The number of alkyl halides is 1. The van der Waals surface area contributed by atoms with E-state index in [-0.39, 0.29) is 15.8 Å². The van der Waals surface area contributed by atoms with E-state index in [0.717, 1.165) is 24.6 Å². The van der Waals surface area contributed by atoms with Crippen molar-refractivity contribution in [3.8, 4) is 0 Å². The molecular weight excluding hydrogens is 316 g/mol. The Morgan fingerprint density at radius 3 is 2.26 bits per heavy atom. The van der Waals surface area contributed by atoms with Gasteiger partial charge in [-0.25, -0.2) is 8.78 Å². The first-order chi connectivity index (χ1) is 8.67. The van der Waals surface area contributed by atoms with Crippen LogP contribution in [0.2, 0.25) is 0 Å². The second-order valence-corrected chi connectivity index (χ2v) is 7.03. The first-order valence-electron chi connectivity index (χ1n) is 6.06. The molecule has 0 saturated heterocycles. The summed E-state index contributed by atoms with van der Waals surface area (Å²) in [5, 5.41) is 2.66. The first-order valence-corrected chi connectivity index (χ1v) is 6.97. The van der Waals surface area contributed by atoms with Crippen molar-refractivity contribution in [3.63, 3.8) is 0 Å². The fourth-order valence-electron chi connectivity index (χ4n) is 1.73. The molecule has 0 aliphatic heterocycles. The molecule has 0 fully saturated rings. The molecule has 2 nitrogen and oxygen atoms in total. The maximum atomic E-state index is 13.0. The van der Waals surface area contributed by atoms with Crippen molar-refractivity contribution in [2.45, 2.75) is 32.0 Å². The Labute approximate surface area is 120 Å². The van der Waals surface area contributed by atoms with E-state index in [1.165, 1.54) is 0 Å². The van der Waals surface area contributed by atoms with E-state index in [4.69, 9.17) is 0 Å². The Bertz CT molecular complexity index is 437. The summed E-state index contributed by atoms with van der Waals surface area (Å²) in [7, 11) is 0. The lowest BCUT2D eigenvalue weighted by Gasteiger charge is -2.22. The van der Waals surface area contributed by atoms with Crippen LogP contribution in [0.15, 0.2) is 18.2 Å². The Hall–Kier alpha value is -0.970. The molecule has 1 N–H and O–H groups in total. The Balaban J connectivity index is 2.56. The zero-order valence-corrected chi connectivity index (χ0v) is 12.9. The number of hydrogen-bond donors (Lipinski definition) is 1. The van der Waals surface area contributed by atoms with Gasteiger partial charge in [-0.1, -0.05) is 36.7 Å². The van der Waals surface area contributed by atoms with E-state index < -0.39 is 17.5 Å². The van der Waals surface area contributed by atoms with Gasteiger partial charge in [-0.15, -0.1) is 0 Å².